The van der Waals surface area contributed by atoms with Crippen molar-refractivity contribution in [2.45, 2.75) is 0 Å². The van der Waals surface area contributed by atoms with Crippen LogP contribution in [0.15, 0.2) is 18.2 Å². The summed E-state index contributed by atoms with van der Waals surface area (Å²) in [6.45, 7) is 0.249. The molecule has 0 spiro atoms. The van der Waals surface area contributed by atoms with E-state index in [0.29, 0.717) is 11.3 Å². The van der Waals surface area contributed by atoms with E-state index in [2.05, 4.69) is 10.9 Å². The minimum Gasteiger partial charge on any atom is -0.320 e. The fraction of sp³-hybridized carbons (Fsp3) is 0.125. The van der Waals surface area contributed by atoms with Crippen LogP contribution >= 0.6 is 0 Å². The van der Waals surface area contributed by atoms with Crippen LogP contribution in [0.5, 0.6) is 0 Å². The van der Waals surface area contributed by atoms with E-state index < -0.39 is 0 Å². The van der Waals surface area contributed by atoms with E-state index in [9.17, 15) is 9.18 Å². The van der Waals surface area contributed by atoms with Crippen molar-refractivity contribution in [3.8, 4) is 0 Å². The number of carbonyl (C=O) groups is 1. The Morgan fingerprint density at radius 1 is 1.42 bits per heavy atom. The molecular weight excluding hydrogens is 159 g/mol. The molecule has 2 N–H and O–H groups in total. The van der Waals surface area contributed by atoms with E-state index in [4.69, 9.17) is 0 Å². The average Bonchev–Trinajstić information content (AvgIpc) is 2.04. The van der Waals surface area contributed by atoms with Gasteiger partial charge >= 0.3 is 0 Å². The Morgan fingerprint density at radius 3 is 3.08 bits per heavy atom. The van der Waals surface area contributed by atoms with E-state index in [-0.39, 0.29) is 18.1 Å². The molecule has 1 heterocycles. The van der Waals surface area contributed by atoms with Gasteiger partial charge in [-0.25, -0.2) is 9.82 Å². The quantitative estimate of drug-likeness (QED) is 0.602. The van der Waals surface area contributed by atoms with Gasteiger partial charge in [-0.05, 0) is 18.2 Å². The highest BCUT2D eigenvalue weighted by Gasteiger charge is 2.15. The first-order chi connectivity index (χ1) is 5.77. The van der Waals surface area contributed by atoms with Crippen LogP contribution < -0.4 is 10.9 Å². The Kier molecular flexibility index (Phi) is 1.55. The number of anilines is 1. The Bertz CT molecular complexity index is 338. The van der Waals surface area contributed by atoms with E-state index in [0.717, 1.165) is 0 Å². The zero-order valence-electron chi connectivity index (χ0n) is 6.23. The SMILES string of the molecule is O=C1CNNc2cc(F)ccc21. The topological polar surface area (TPSA) is 41.1 Å². The molecule has 0 atom stereocenters. The van der Waals surface area contributed by atoms with Crippen LogP contribution in [0.25, 0.3) is 0 Å². The fourth-order valence-electron chi connectivity index (χ4n) is 1.18. The summed E-state index contributed by atoms with van der Waals surface area (Å²) in [4.78, 5) is 11.2. The lowest BCUT2D eigenvalue weighted by molar-refractivity contribution is 0.0989. The zero-order chi connectivity index (χ0) is 8.55. The number of ketones is 1. The summed E-state index contributed by atoms with van der Waals surface area (Å²) >= 11 is 0. The van der Waals surface area contributed by atoms with Crippen molar-refractivity contribution in [2.24, 2.45) is 0 Å². The van der Waals surface area contributed by atoms with Crippen molar-refractivity contribution >= 4 is 11.5 Å². The number of nitrogens with one attached hydrogen (secondary N) is 2. The molecule has 0 radical (unpaired) electrons. The molecule has 1 aromatic rings. The zero-order valence-corrected chi connectivity index (χ0v) is 6.23. The second-order valence-electron chi connectivity index (χ2n) is 2.59. The average molecular weight is 166 g/mol. The third kappa shape index (κ3) is 1.06. The molecule has 3 nitrogen and oxygen atoms in total. The molecule has 0 fully saturated rings. The molecule has 2 rings (SSSR count). The lowest BCUT2D eigenvalue weighted by Crippen LogP contribution is -2.34. The van der Waals surface area contributed by atoms with Gasteiger partial charge in [-0.1, -0.05) is 0 Å². The molecule has 0 saturated carbocycles. The Morgan fingerprint density at radius 2 is 2.25 bits per heavy atom. The highest BCUT2D eigenvalue weighted by molar-refractivity contribution is 6.03. The monoisotopic (exact) mass is 166 g/mol. The number of hydrogen-bond donors (Lipinski definition) is 2. The molecular formula is C8H7FN2O. The minimum atomic E-state index is -0.349. The predicted octanol–water partition coefficient (Wildman–Crippen LogP) is 0.938. The number of Topliss-reactive ketones (excluding diaryl/α,β-unsaturated/α-hetero) is 1. The standard InChI is InChI=1S/C8H7FN2O/c9-5-1-2-6-7(3-5)11-10-4-8(6)12/h1-3,10-11H,4H2. The first kappa shape index (κ1) is 7.24. The van der Waals surface area contributed by atoms with Crippen LogP contribution in [-0.2, 0) is 0 Å². The Hall–Kier alpha value is -1.42. The molecule has 0 saturated heterocycles. The Balaban J connectivity index is 2.53. The van der Waals surface area contributed by atoms with Crippen LogP contribution in [-0.4, -0.2) is 12.3 Å². The van der Waals surface area contributed by atoms with E-state index in [1.165, 1.54) is 18.2 Å². The second-order valence-corrected chi connectivity index (χ2v) is 2.59. The van der Waals surface area contributed by atoms with Gasteiger partial charge in [0, 0.05) is 5.56 Å². The van der Waals surface area contributed by atoms with Crippen molar-refractivity contribution in [3.63, 3.8) is 0 Å². The number of fused-ring (bicyclic) bond motifs is 1. The summed E-state index contributed by atoms with van der Waals surface area (Å²) in [5, 5.41) is 0. The van der Waals surface area contributed by atoms with Crippen molar-refractivity contribution in [1.82, 2.24) is 5.43 Å². The lowest BCUT2D eigenvalue weighted by Gasteiger charge is -2.17. The molecule has 12 heavy (non-hydrogen) atoms. The summed E-state index contributed by atoms with van der Waals surface area (Å²) in [7, 11) is 0. The van der Waals surface area contributed by atoms with Crippen LogP contribution in [0, 0.1) is 5.82 Å². The summed E-state index contributed by atoms with van der Waals surface area (Å²) in [5.74, 6) is -0.374. The Labute approximate surface area is 68.6 Å². The highest BCUT2D eigenvalue weighted by Crippen LogP contribution is 2.18. The van der Waals surface area contributed by atoms with Gasteiger partial charge in [0.2, 0.25) is 0 Å². The molecule has 4 heteroatoms. The first-order valence-electron chi connectivity index (χ1n) is 3.59. The summed E-state index contributed by atoms with van der Waals surface area (Å²) < 4.78 is 12.6. The maximum Gasteiger partial charge on any atom is 0.180 e. The van der Waals surface area contributed by atoms with Gasteiger partial charge in [-0.3, -0.25) is 4.79 Å². The van der Waals surface area contributed by atoms with Crippen LogP contribution in [0.3, 0.4) is 0 Å². The van der Waals surface area contributed by atoms with Crippen LogP contribution in [0.4, 0.5) is 10.1 Å². The second kappa shape index (κ2) is 2.57. The predicted molar refractivity (Wildman–Crippen MR) is 42.4 cm³/mol. The first-order valence-corrected chi connectivity index (χ1v) is 3.59. The van der Waals surface area contributed by atoms with E-state index in [1.54, 1.807) is 0 Å². The van der Waals surface area contributed by atoms with Gasteiger partial charge < -0.3 is 5.43 Å². The number of rotatable bonds is 0. The molecule has 0 bridgehead atoms. The molecule has 0 aromatic heterocycles. The largest absolute Gasteiger partial charge is 0.320 e. The third-order valence-corrected chi connectivity index (χ3v) is 1.75. The van der Waals surface area contributed by atoms with Gasteiger partial charge in [0.25, 0.3) is 0 Å². The maximum atomic E-state index is 12.6. The summed E-state index contributed by atoms with van der Waals surface area (Å²) in [6.07, 6.45) is 0. The van der Waals surface area contributed by atoms with Crippen molar-refractivity contribution < 1.29 is 9.18 Å². The smallest absolute Gasteiger partial charge is 0.180 e. The number of hydrogen-bond acceptors (Lipinski definition) is 3. The molecule has 1 aliphatic rings. The number of halogens is 1. The van der Waals surface area contributed by atoms with Crippen molar-refractivity contribution in [1.29, 1.82) is 0 Å². The lowest BCUT2D eigenvalue weighted by atomic mass is 10.1. The van der Waals surface area contributed by atoms with E-state index in [1.807, 2.05) is 0 Å². The fourth-order valence-corrected chi connectivity index (χ4v) is 1.18. The van der Waals surface area contributed by atoms with Gasteiger partial charge in [0.15, 0.2) is 5.78 Å². The molecule has 1 aliphatic heterocycles. The van der Waals surface area contributed by atoms with Crippen LogP contribution in [0.2, 0.25) is 0 Å². The highest BCUT2D eigenvalue weighted by atomic mass is 19.1. The van der Waals surface area contributed by atoms with E-state index >= 15 is 0 Å². The van der Waals surface area contributed by atoms with Gasteiger partial charge in [0.1, 0.15) is 5.82 Å². The van der Waals surface area contributed by atoms with Crippen molar-refractivity contribution in [3.05, 3.63) is 29.6 Å². The van der Waals surface area contributed by atoms with Crippen molar-refractivity contribution in [2.75, 3.05) is 12.0 Å². The number of hydrazine groups is 1. The number of carbonyl (C=O) groups excluding carboxylic acids is 1. The summed E-state index contributed by atoms with van der Waals surface area (Å²) in [6, 6.07) is 4.06. The molecule has 1 aromatic carbocycles. The minimum absolute atomic E-state index is 0.0243. The third-order valence-electron chi connectivity index (χ3n) is 1.75. The molecule has 0 amide bonds. The maximum absolute atomic E-state index is 12.6. The van der Waals surface area contributed by atoms with Crippen LogP contribution in [0.1, 0.15) is 10.4 Å². The van der Waals surface area contributed by atoms with Gasteiger partial charge in [-0.15, -0.1) is 0 Å². The molecule has 0 aliphatic carbocycles. The molecule has 62 valence electrons. The summed E-state index contributed by atoms with van der Waals surface area (Å²) in [5.41, 5.74) is 6.42. The van der Waals surface area contributed by atoms with Gasteiger partial charge in [-0.2, -0.15) is 0 Å². The molecule has 0 unspecified atom stereocenters. The number of benzene rings is 1. The normalized spacial score (nSPS) is 15.2. The van der Waals surface area contributed by atoms with Gasteiger partial charge in [0.05, 0.1) is 12.2 Å².